The van der Waals surface area contributed by atoms with Crippen LogP contribution >= 0.6 is 0 Å². The van der Waals surface area contributed by atoms with Gasteiger partial charge in [-0.1, -0.05) is 30.3 Å². The van der Waals surface area contributed by atoms with E-state index >= 15 is 0 Å². The van der Waals surface area contributed by atoms with Crippen LogP contribution in [0.1, 0.15) is 16.1 Å². The molecule has 7 heteroatoms. The zero-order chi connectivity index (χ0) is 24.7. The van der Waals surface area contributed by atoms with Crippen LogP contribution in [-0.4, -0.2) is 29.2 Å². The van der Waals surface area contributed by atoms with Crippen molar-refractivity contribution in [2.45, 2.75) is 6.92 Å². The van der Waals surface area contributed by atoms with E-state index < -0.39 is 0 Å². The highest BCUT2D eigenvalue weighted by Crippen LogP contribution is 2.32. The van der Waals surface area contributed by atoms with Crippen molar-refractivity contribution in [3.8, 4) is 28.6 Å². The van der Waals surface area contributed by atoms with Crippen molar-refractivity contribution in [3.05, 3.63) is 88.2 Å². The van der Waals surface area contributed by atoms with Gasteiger partial charge in [-0.05, 0) is 25.1 Å². The number of carbonyl (C=O) groups excluding carboxylic acids is 1. The number of hydrogen-bond acceptors (Lipinski definition) is 6. The largest absolute Gasteiger partial charge is 0.507 e. The highest BCUT2D eigenvalue weighted by molar-refractivity contribution is 6.10. The third-order valence-corrected chi connectivity index (χ3v) is 6.19. The summed E-state index contributed by atoms with van der Waals surface area (Å²) in [5.74, 6) is 0.745. The fraction of sp³-hybridized carbons (Fsp3) is 0.143. The molecule has 35 heavy (non-hydrogen) atoms. The molecule has 0 aliphatic heterocycles. The number of phenolic OH excluding ortho intramolecular Hbond substituents is 1. The van der Waals surface area contributed by atoms with Crippen molar-refractivity contribution in [2.24, 2.45) is 7.05 Å². The minimum absolute atomic E-state index is 0.0559. The summed E-state index contributed by atoms with van der Waals surface area (Å²) in [6.45, 7) is 1.62. The molecule has 0 aliphatic carbocycles. The molecular formula is C28H23NO6. The first-order valence-corrected chi connectivity index (χ1v) is 11.0. The van der Waals surface area contributed by atoms with Gasteiger partial charge in [0.1, 0.15) is 34.0 Å². The Morgan fingerprint density at radius 1 is 1.03 bits per heavy atom. The van der Waals surface area contributed by atoms with Crippen LogP contribution in [0.3, 0.4) is 0 Å². The average molecular weight is 469 g/mol. The molecule has 2 heterocycles. The molecule has 0 unspecified atom stereocenters. The molecule has 7 nitrogen and oxygen atoms in total. The van der Waals surface area contributed by atoms with Crippen molar-refractivity contribution in [2.75, 3.05) is 13.7 Å². The van der Waals surface area contributed by atoms with Gasteiger partial charge in [-0.2, -0.15) is 0 Å². The van der Waals surface area contributed by atoms with Gasteiger partial charge in [-0.3, -0.25) is 9.59 Å². The molecule has 176 valence electrons. The fourth-order valence-corrected chi connectivity index (χ4v) is 4.32. The van der Waals surface area contributed by atoms with Gasteiger partial charge in [0, 0.05) is 53.0 Å². The average Bonchev–Trinajstić information content (AvgIpc) is 3.11. The number of aromatic nitrogens is 1. The lowest BCUT2D eigenvalue weighted by atomic mass is 10.1. The van der Waals surface area contributed by atoms with Crippen LogP contribution in [0.25, 0.3) is 33.2 Å². The van der Waals surface area contributed by atoms with Crippen molar-refractivity contribution in [1.82, 2.24) is 4.57 Å². The maximum atomic E-state index is 13.2. The van der Waals surface area contributed by atoms with Gasteiger partial charge in [0.05, 0.1) is 7.11 Å². The lowest BCUT2D eigenvalue weighted by molar-refractivity contribution is 0.0922. The number of carbonyl (C=O) groups is 1. The van der Waals surface area contributed by atoms with Gasteiger partial charge in [0.2, 0.25) is 5.78 Å². The number of methoxy groups -OCH3 is 1. The maximum absolute atomic E-state index is 13.2. The number of aryl methyl sites for hydroxylation is 1. The fourth-order valence-electron chi connectivity index (χ4n) is 4.32. The second kappa shape index (κ2) is 8.68. The normalized spacial score (nSPS) is 11.2. The summed E-state index contributed by atoms with van der Waals surface area (Å²) < 4.78 is 18.9. The summed E-state index contributed by atoms with van der Waals surface area (Å²) in [6.07, 6.45) is 0. The van der Waals surface area contributed by atoms with E-state index in [9.17, 15) is 14.7 Å². The zero-order valence-corrected chi connectivity index (χ0v) is 19.5. The molecule has 2 aromatic heterocycles. The Labute approximate surface area is 200 Å². The molecule has 5 aromatic rings. The second-order valence-electron chi connectivity index (χ2n) is 8.27. The highest BCUT2D eigenvalue weighted by atomic mass is 16.5. The van der Waals surface area contributed by atoms with Crippen LogP contribution in [0.5, 0.6) is 17.2 Å². The molecular weight excluding hydrogens is 446 g/mol. The predicted molar refractivity (Wildman–Crippen MR) is 134 cm³/mol. The Balaban J connectivity index is 1.48. The Hall–Kier alpha value is -4.52. The number of Topliss-reactive ketones (excluding diaryl/α,β-unsaturated/α-hetero) is 1. The first-order valence-electron chi connectivity index (χ1n) is 11.0. The van der Waals surface area contributed by atoms with Gasteiger partial charge in [0.15, 0.2) is 12.0 Å². The summed E-state index contributed by atoms with van der Waals surface area (Å²) in [5.41, 5.74) is 2.79. The Kier molecular flexibility index (Phi) is 5.53. The summed E-state index contributed by atoms with van der Waals surface area (Å²) in [7, 11) is 3.48. The minimum atomic E-state index is -0.370. The number of fused-ring (bicyclic) bond motifs is 2. The number of phenols is 1. The molecule has 0 radical (unpaired) electrons. The van der Waals surface area contributed by atoms with Crippen molar-refractivity contribution in [3.63, 3.8) is 0 Å². The molecule has 0 amide bonds. The van der Waals surface area contributed by atoms with Crippen LogP contribution in [0.2, 0.25) is 0 Å². The molecule has 0 atom stereocenters. The predicted octanol–water partition coefficient (Wildman–Crippen LogP) is 5.24. The van der Waals surface area contributed by atoms with E-state index in [1.54, 1.807) is 7.11 Å². The SMILES string of the molecule is COc1ccc2c(c1)c(C(=O)COc1cc(O)c3c(=O)cc(-c4ccccc4)oc3c1)c(C)n2C. The van der Waals surface area contributed by atoms with Crippen LogP contribution < -0.4 is 14.9 Å². The van der Waals surface area contributed by atoms with Crippen LogP contribution in [-0.2, 0) is 7.05 Å². The summed E-state index contributed by atoms with van der Waals surface area (Å²) >= 11 is 0. The molecule has 0 spiro atoms. The smallest absolute Gasteiger partial charge is 0.202 e. The third kappa shape index (κ3) is 3.91. The molecule has 0 bridgehead atoms. The van der Waals surface area contributed by atoms with E-state index in [1.165, 1.54) is 18.2 Å². The molecule has 0 saturated carbocycles. The van der Waals surface area contributed by atoms with Crippen LogP contribution in [0.4, 0.5) is 0 Å². The lowest BCUT2D eigenvalue weighted by Gasteiger charge is -2.09. The monoisotopic (exact) mass is 469 g/mol. The summed E-state index contributed by atoms with van der Waals surface area (Å²) in [5, 5.41) is 11.3. The number of hydrogen-bond donors (Lipinski definition) is 1. The molecule has 0 saturated heterocycles. The van der Waals surface area contributed by atoms with Gasteiger partial charge in [-0.25, -0.2) is 0 Å². The maximum Gasteiger partial charge on any atom is 0.202 e. The van der Waals surface area contributed by atoms with Crippen LogP contribution in [0, 0.1) is 6.92 Å². The number of ketones is 1. The number of nitrogens with zero attached hydrogens (tertiary/aromatic N) is 1. The summed E-state index contributed by atoms with van der Waals surface area (Å²) in [4.78, 5) is 25.8. The number of aromatic hydroxyl groups is 1. The van der Waals surface area contributed by atoms with Crippen molar-refractivity contribution >= 4 is 27.7 Å². The third-order valence-electron chi connectivity index (χ3n) is 6.19. The zero-order valence-electron chi connectivity index (χ0n) is 19.5. The minimum Gasteiger partial charge on any atom is -0.507 e. The lowest BCUT2D eigenvalue weighted by Crippen LogP contribution is -2.13. The van der Waals surface area contributed by atoms with Crippen molar-refractivity contribution < 1.29 is 23.8 Å². The van der Waals surface area contributed by atoms with E-state index in [2.05, 4.69) is 0 Å². The van der Waals surface area contributed by atoms with Gasteiger partial charge < -0.3 is 23.6 Å². The molecule has 1 N–H and O–H groups in total. The van der Waals surface area contributed by atoms with Crippen LogP contribution in [0.15, 0.2) is 75.9 Å². The molecule has 3 aromatic carbocycles. The Morgan fingerprint density at radius 3 is 2.54 bits per heavy atom. The first kappa shape index (κ1) is 22.3. The van der Waals surface area contributed by atoms with E-state index in [4.69, 9.17) is 13.9 Å². The topological polar surface area (TPSA) is 90.9 Å². The molecule has 0 fully saturated rings. The Morgan fingerprint density at radius 2 is 1.80 bits per heavy atom. The molecule has 5 rings (SSSR count). The summed E-state index contributed by atoms with van der Waals surface area (Å²) in [6, 6.07) is 19.0. The van der Waals surface area contributed by atoms with Gasteiger partial charge in [0.25, 0.3) is 0 Å². The number of rotatable bonds is 6. The highest BCUT2D eigenvalue weighted by Gasteiger charge is 2.20. The van der Waals surface area contributed by atoms with Gasteiger partial charge >= 0.3 is 0 Å². The van der Waals surface area contributed by atoms with E-state index in [-0.39, 0.29) is 40.3 Å². The van der Waals surface area contributed by atoms with Crippen molar-refractivity contribution in [1.29, 1.82) is 0 Å². The number of benzene rings is 3. The molecule has 0 aliphatic rings. The Bertz CT molecular complexity index is 1650. The standard InChI is InChI=1S/C28H23NO6/c1-16-27(20-11-18(33-3)9-10-21(20)29(16)2)24(32)15-34-19-12-22(30)28-23(31)14-25(35-26(28)13-19)17-7-5-4-6-8-17/h4-14,30H,15H2,1-3H3. The van der Waals surface area contributed by atoms with E-state index in [0.29, 0.717) is 17.1 Å². The van der Waals surface area contributed by atoms with E-state index in [0.717, 1.165) is 22.2 Å². The quantitative estimate of drug-likeness (QED) is 0.342. The van der Waals surface area contributed by atoms with Gasteiger partial charge in [-0.15, -0.1) is 0 Å². The van der Waals surface area contributed by atoms with E-state index in [1.807, 2.05) is 67.1 Å². The second-order valence-corrected chi connectivity index (χ2v) is 8.27. The first-order chi connectivity index (χ1) is 16.9. The number of ether oxygens (including phenoxy) is 2.